The van der Waals surface area contributed by atoms with Crippen molar-refractivity contribution in [1.82, 2.24) is 10.2 Å². The Morgan fingerprint density at radius 1 is 1.33 bits per heavy atom. The smallest absolute Gasteiger partial charge is 0.394 e. The molecular weight excluding hydrogens is 365 g/mol. The summed E-state index contributed by atoms with van der Waals surface area (Å²) in [5.74, 6) is -3.77. The molecular formula is C18H23F3N2O4. The van der Waals surface area contributed by atoms with Gasteiger partial charge >= 0.3 is 18.2 Å². The van der Waals surface area contributed by atoms with E-state index in [0.717, 1.165) is 16.2 Å². The molecule has 150 valence electrons. The molecule has 0 radical (unpaired) electrons. The van der Waals surface area contributed by atoms with Gasteiger partial charge in [-0.15, -0.1) is 0 Å². The summed E-state index contributed by atoms with van der Waals surface area (Å²) in [6.07, 6.45) is -3.34. The van der Waals surface area contributed by atoms with Crippen LogP contribution in [0, 0.1) is 24.2 Å². The summed E-state index contributed by atoms with van der Waals surface area (Å²) in [7, 11) is 0. The number of likely N-dealkylation sites (tertiary alicyclic amines) is 1. The van der Waals surface area contributed by atoms with Crippen molar-refractivity contribution in [1.29, 1.82) is 0 Å². The lowest BCUT2D eigenvalue weighted by molar-refractivity contribution is -0.187. The Kier molecular flexibility index (Phi) is 4.68. The van der Waals surface area contributed by atoms with E-state index >= 15 is 0 Å². The molecule has 2 amide bonds. The maximum absolute atomic E-state index is 13.1. The third-order valence-electron chi connectivity index (χ3n) is 5.38. The van der Waals surface area contributed by atoms with Crippen LogP contribution in [0.5, 0.6) is 0 Å². The molecule has 0 saturated carbocycles. The Morgan fingerprint density at radius 2 is 2.00 bits per heavy atom. The monoisotopic (exact) mass is 388 g/mol. The second kappa shape index (κ2) is 6.45. The number of hydrogen-bond acceptors (Lipinski definition) is 3. The fourth-order valence-corrected chi connectivity index (χ4v) is 4.11. The Labute approximate surface area is 154 Å². The van der Waals surface area contributed by atoms with Gasteiger partial charge in [0.1, 0.15) is 11.5 Å². The molecule has 1 fully saturated rings. The van der Waals surface area contributed by atoms with Gasteiger partial charge in [0.2, 0.25) is 0 Å². The van der Waals surface area contributed by atoms with E-state index in [1.54, 1.807) is 6.92 Å². The highest BCUT2D eigenvalue weighted by Gasteiger charge is 2.53. The number of carboxylic acids is 1. The first-order valence-corrected chi connectivity index (χ1v) is 8.81. The lowest BCUT2D eigenvalue weighted by Gasteiger charge is -2.35. The number of urea groups is 1. The second-order valence-electron chi connectivity index (χ2n) is 8.28. The average Bonchev–Trinajstić information content (AvgIpc) is 3.09. The van der Waals surface area contributed by atoms with E-state index in [2.05, 4.69) is 5.32 Å². The quantitative estimate of drug-likeness (QED) is 0.812. The molecule has 0 spiro atoms. The number of fused-ring (bicyclic) bond motifs is 1. The van der Waals surface area contributed by atoms with Crippen LogP contribution in [-0.2, 0) is 11.2 Å². The van der Waals surface area contributed by atoms with Gasteiger partial charge in [0.25, 0.3) is 0 Å². The number of carbonyl (C=O) groups is 2. The van der Waals surface area contributed by atoms with Gasteiger partial charge in [-0.25, -0.2) is 4.79 Å². The number of aliphatic carboxylic acids is 1. The maximum Gasteiger partial charge on any atom is 0.394 e. The highest BCUT2D eigenvalue weighted by atomic mass is 19.4. The number of amides is 2. The first-order chi connectivity index (χ1) is 12.4. The zero-order valence-electron chi connectivity index (χ0n) is 15.4. The molecule has 3 rings (SSSR count). The molecule has 2 aliphatic rings. The number of furan rings is 1. The normalized spacial score (nSPS) is 27.3. The summed E-state index contributed by atoms with van der Waals surface area (Å²) < 4.78 is 45.1. The number of hydrogen-bond donors (Lipinski definition) is 2. The summed E-state index contributed by atoms with van der Waals surface area (Å²) >= 11 is 0. The van der Waals surface area contributed by atoms with Gasteiger partial charge in [-0.1, -0.05) is 13.8 Å². The van der Waals surface area contributed by atoms with Crippen molar-refractivity contribution in [3.63, 3.8) is 0 Å². The number of carboxylic acid groups (broad SMARTS) is 1. The lowest BCUT2D eigenvalue weighted by atomic mass is 9.75. The molecule has 1 aliphatic carbocycles. The average molecular weight is 388 g/mol. The van der Waals surface area contributed by atoms with Gasteiger partial charge in [0, 0.05) is 25.1 Å². The van der Waals surface area contributed by atoms with Crippen molar-refractivity contribution in [3.8, 4) is 0 Å². The zero-order valence-corrected chi connectivity index (χ0v) is 15.4. The highest BCUT2D eigenvalue weighted by Crippen LogP contribution is 2.42. The molecule has 1 aromatic rings. The van der Waals surface area contributed by atoms with Gasteiger partial charge in [0.15, 0.2) is 0 Å². The topological polar surface area (TPSA) is 82.8 Å². The number of rotatable bonds is 2. The number of alkyl halides is 3. The van der Waals surface area contributed by atoms with Crippen LogP contribution in [0.3, 0.4) is 0 Å². The molecule has 0 aromatic carbocycles. The fraction of sp³-hybridized carbons (Fsp3) is 0.667. The second-order valence-corrected chi connectivity index (χ2v) is 8.28. The maximum atomic E-state index is 13.1. The van der Waals surface area contributed by atoms with Crippen LogP contribution in [0.15, 0.2) is 10.5 Å². The largest absolute Gasteiger partial charge is 0.481 e. The van der Waals surface area contributed by atoms with Gasteiger partial charge in [-0.2, -0.15) is 13.2 Å². The van der Waals surface area contributed by atoms with E-state index in [1.807, 2.05) is 19.9 Å². The van der Waals surface area contributed by atoms with Crippen LogP contribution in [0.4, 0.5) is 18.0 Å². The van der Waals surface area contributed by atoms with E-state index in [0.29, 0.717) is 18.6 Å². The van der Waals surface area contributed by atoms with E-state index in [1.165, 1.54) is 0 Å². The molecule has 3 atom stereocenters. The Balaban J connectivity index is 1.77. The minimum Gasteiger partial charge on any atom is -0.481 e. The highest BCUT2D eigenvalue weighted by molar-refractivity contribution is 5.78. The van der Waals surface area contributed by atoms with Crippen molar-refractivity contribution >= 4 is 12.0 Å². The third kappa shape index (κ3) is 3.91. The molecule has 6 nitrogen and oxygen atoms in total. The Morgan fingerprint density at radius 3 is 2.56 bits per heavy atom. The summed E-state index contributed by atoms with van der Waals surface area (Å²) in [5.41, 5.74) is 0.694. The predicted octanol–water partition coefficient (Wildman–Crippen LogP) is 3.51. The SMILES string of the molecule is Cc1cc2c(o1)CC(C)(C)CC2NC(=O)N1C[C@@H](C(F)(F)F)[C@H](C(=O)O)C1. The zero-order chi connectivity index (χ0) is 20.1. The van der Waals surface area contributed by atoms with E-state index < -0.39 is 43.1 Å². The first kappa shape index (κ1) is 19.6. The van der Waals surface area contributed by atoms with E-state index in [-0.39, 0.29) is 11.5 Å². The molecule has 1 aromatic heterocycles. The standard InChI is InChI=1S/C18H23F3N2O4/c1-9-4-10-13(5-17(2,3)6-14(10)27-9)22-16(26)23-7-11(15(24)25)12(8-23)18(19,20)21/h4,11-13H,5-8H2,1-3H3,(H,22,26)(H,24,25)/t11-,12-,13?/m1/s1. The number of nitrogens with zero attached hydrogens (tertiary/aromatic N) is 1. The molecule has 2 N–H and O–H groups in total. The number of halogens is 3. The van der Waals surface area contributed by atoms with Crippen molar-refractivity contribution < 1.29 is 32.3 Å². The summed E-state index contributed by atoms with van der Waals surface area (Å²) in [6.45, 7) is 4.75. The van der Waals surface area contributed by atoms with Gasteiger partial charge in [-0.3, -0.25) is 4.79 Å². The van der Waals surface area contributed by atoms with Gasteiger partial charge in [0.05, 0.1) is 17.9 Å². The van der Waals surface area contributed by atoms with Gasteiger partial charge in [-0.05, 0) is 24.8 Å². The van der Waals surface area contributed by atoms with Crippen LogP contribution in [-0.4, -0.2) is 41.3 Å². The van der Waals surface area contributed by atoms with Crippen molar-refractivity contribution in [2.45, 2.75) is 45.8 Å². The van der Waals surface area contributed by atoms with Gasteiger partial charge < -0.3 is 19.7 Å². The van der Waals surface area contributed by atoms with Crippen LogP contribution in [0.1, 0.15) is 43.4 Å². The van der Waals surface area contributed by atoms with Crippen LogP contribution in [0.25, 0.3) is 0 Å². The van der Waals surface area contributed by atoms with Crippen LogP contribution in [0.2, 0.25) is 0 Å². The third-order valence-corrected chi connectivity index (χ3v) is 5.38. The van der Waals surface area contributed by atoms with Crippen molar-refractivity contribution in [2.75, 3.05) is 13.1 Å². The minimum atomic E-state index is -4.67. The van der Waals surface area contributed by atoms with E-state index in [4.69, 9.17) is 9.52 Å². The minimum absolute atomic E-state index is 0.141. The summed E-state index contributed by atoms with van der Waals surface area (Å²) in [5, 5.41) is 11.9. The molecule has 27 heavy (non-hydrogen) atoms. The number of nitrogens with one attached hydrogen (secondary N) is 1. The summed E-state index contributed by atoms with van der Waals surface area (Å²) in [4.78, 5) is 24.8. The molecule has 2 heterocycles. The molecule has 9 heteroatoms. The predicted molar refractivity (Wildman–Crippen MR) is 89.1 cm³/mol. The van der Waals surface area contributed by atoms with Crippen molar-refractivity contribution in [2.24, 2.45) is 17.3 Å². The van der Waals surface area contributed by atoms with Crippen molar-refractivity contribution in [3.05, 3.63) is 23.2 Å². The number of aryl methyl sites for hydroxylation is 1. The van der Waals surface area contributed by atoms with Crippen LogP contribution >= 0.6 is 0 Å². The molecule has 0 bridgehead atoms. The molecule has 1 unspecified atom stereocenters. The fourth-order valence-electron chi connectivity index (χ4n) is 4.11. The van der Waals surface area contributed by atoms with E-state index in [9.17, 15) is 22.8 Å². The summed E-state index contributed by atoms with van der Waals surface area (Å²) in [6, 6.07) is 0.764. The first-order valence-electron chi connectivity index (χ1n) is 8.81. The van der Waals surface area contributed by atoms with Crippen LogP contribution < -0.4 is 5.32 Å². The molecule has 1 aliphatic heterocycles. The number of carbonyl (C=O) groups excluding carboxylic acids is 1. The Hall–Kier alpha value is -2.19. The lowest BCUT2D eigenvalue weighted by Crippen LogP contribution is -2.43. The molecule has 1 saturated heterocycles. The Bertz CT molecular complexity index is 756.